The van der Waals surface area contributed by atoms with E-state index in [0.717, 1.165) is 11.3 Å². The summed E-state index contributed by atoms with van der Waals surface area (Å²) in [6, 6.07) is 3.06. The molecule has 0 atom stereocenters. The number of methoxy groups -OCH3 is 2. The molecular weight excluding hydrogens is 194 g/mol. The molecule has 1 heterocycles. The van der Waals surface area contributed by atoms with E-state index in [1.165, 1.54) is 20.3 Å². The van der Waals surface area contributed by atoms with Crippen LogP contribution in [0.4, 0.5) is 5.00 Å². The van der Waals surface area contributed by atoms with Crippen LogP contribution in [0, 0.1) is 10.1 Å². The molecule has 0 unspecified atom stereocenters. The lowest BCUT2D eigenvalue weighted by molar-refractivity contribution is -0.380. The number of rotatable bonds is 4. The molecule has 0 fully saturated rings. The largest absolute Gasteiger partial charge is 0.351 e. The molecule has 0 aliphatic rings. The highest BCUT2D eigenvalue weighted by molar-refractivity contribution is 7.15. The van der Waals surface area contributed by atoms with E-state index in [4.69, 9.17) is 9.47 Å². The van der Waals surface area contributed by atoms with Crippen molar-refractivity contribution < 1.29 is 14.4 Å². The Bertz CT molecular complexity index is 294. The Kier molecular flexibility index (Phi) is 3.35. The standard InChI is InChI=1S/C7H9NO4S/c1-11-7(12-2)5-3-4-6(13-5)8(9)10/h3-4,7H,1-2H3. The van der Waals surface area contributed by atoms with E-state index >= 15 is 0 Å². The molecule has 1 aromatic rings. The molecule has 6 heteroatoms. The maximum Gasteiger partial charge on any atom is 0.324 e. The minimum absolute atomic E-state index is 0.0918. The van der Waals surface area contributed by atoms with Gasteiger partial charge >= 0.3 is 5.00 Å². The van der Waals surface area contributed by atoms with Gasteiger partial charge in [0.1, 0.15) is 0 Å². The molecule has 0 aliphatic carbocycles. The Hall–Kier alpha value is -0.980. The molecule has 1 rings (SSSR count). The second-order valence-electron chi connectivity index (χ2n) is 2.24. The average Bonchev–Trinajstić information content (AvgIpc) is 2.56. The van der Waals surface area contributed by atoms with E-state index in [1.807, 2.05) is 0 Å². The lowest BCUT2D eigenvalue weighted by Gasteiger charge is -2.09. The first kappa shape index (κ1) is 10.1. The van der Waals surface area contributed by atoms with Crippen LogP contribution >= 0.6 is 11.3 Å². The van der Waals surface area contributed by atoms with Crippen molar-refractivity contribution >= 4 is 16.3 Å². The van der Waals surface area contributed by atoms with Gasteiger partial charge in [-0.2, -0.15) is 0 Å². The topological polar surface area (TPSA) is 61.6 Å². The van der Waals surface area contributed by atoms with Crippen LogP contribution in [0.3, 0.4) is 0 Å². The number of nitro groups is 1. The van der Waals surface area contributed by atoms with Gasteiger partial charge in [-0.3, -0.25) is 10.1 Å². The molecule has 1 aromatic heterocycles. The fourth-order valence-corrected chi connectivity index (χ4v) is 1.77. The fraction of sp³-hybridized carbons (Fsp3) is 0.429. The van der Waals surface area contributed by atoms with Crippen LogP contribution in [-0.4, -0.2) is 19.1 Å². The van der Waals surface area contributed by atoms with E-state index in [1.54, 1.807) is 6.07 Å². The monoisotopic (exact) mass is 203 g/mol. The van der Waals surface area contributed by atoms with Gasteiger partial charge < -0.3 is 9.47 Å². The van der Waals surface area contributed by atoms with Gasteiger partial charge in [-0.15, -0.1) is 0 Å². The summed E-state index contributed by atoms with van der Waals surface area (Å²) in [5, 5.41) is 10.4. The molecule has 13 heavy (non-hydrogen) atoms. The van der Waals surface area contributed by atoms with Crippen molar-refractivity contribution in [1.29, 1.82) is 0 Å². The highest BCUT2D eigenvalue weighted by atomic mass is 32.1. The second kappa shape index (κ2) is 4.31. The molecule has 0 N–H and O–H groups in total. The van der Waals surface area contributed by atoms with Crippen molar-refractivity contribution in [3.8, 4) is 0 Å². The van der Waals surface area contributed by atoms with E-state index in [-0.39, 0.29) is 5.00 Å². The van der Waals surface area contributed by atoms with E-state index < -0.39 is 11.2 Å². The lowest BCUT2D eigenvalue weighted by Crippen LogP contribution is -2.00. The second-order valence-corrected chi connectivity index (χ2v) is 3.33. The molecule has 0 aromatic carbocycles. The third-order valence-corrected chi connectivity index (χ3v) is 2.51. The summed E-state index contributed by atoms with van der Waals surface area (Å²) < 4.78 is 9.89. The Morgan fingerprint density at radius 1 is 1.46 bits per heavy atom. The molecule has 0 saturated heterocycles. The predicted molar refractivity (Wildman–Crippen MR) is 47.7 cm³/mol. The van der Waals surface area contributed by atoms with Crippen LogP contribution in [0.2, 0.25) is 0 Å². The van der Waals surface area contributed by atoms with Gasteiger partial charge in [0.05, 0.1) is 9.80 Å². The zero-order chi connectivity index (χ0) is 9.84. The van der Waals surface area contributed by atoms with E-state index in [0.29, 0.717) is 4.88 Å². The van der Waals surface area contributed by atoms with Gasteiger partial charge in [0.2, 0.25) is 0 Å². The van der Waals surface area contributed by atoms with Gasteiger partial charge in [0.25, 0.3) is 0 Å². The van der Waals surface area contributed by atoms with Crippen molar-refractivity contribution in [3.63, 3.8) is 0 Å². The van der Waals surface area contributed by atoms with Crippen LogP contribution in [0.5, 0.6) is 0 Å². The van der Waals surface area contributed by atoms with Crippen LogP contribution in [-0.2, 0) is 9.47 Å². The molecule has 0 aliphatic heterocycles. The third-order valence-electron chi connectivity index (χ3n) is 1.45. The number of thiophene rings is 1. The number of hydrogen-bond donors (Lipinski definition) is 0. The van der Waals surface area contributed by atoms with Crippen molar-refractivity contribution in [2.24, 2.45) is 0 Å². The Balaban J connectivity index is 2.84. The molecule has 0 bridgehead atoms. The first-order valence-electron chi connectivity index (χ1n) is 3.48. The summed E-state index contributed by atoms with van der Waals surface area (Å²) in [5.74, 6) is 0. The highest BCUT2D eigenvalue weighted by Crippen LogP contribution is 2.30. The van der Waals surface area contributed by atoms with Crippen molar-refractivity contribution in [2.75, 3.05) is 14.2 Å². The fourth-order valence-electron chi connectivity index (χ4n) is 0.896. The Morgan fingerprint density at radius 3 is 2.46 bits per heavy atom. The molecule has 0 radical (unpaired) electrons. The summed E-state index contributed by atoms with van der Waals surface area (Å²) in [6.07, 6.45) is -0.515. The van der Waals surface area contributed by atoms with Crippen molar-refractivity contribution in [3.05, 3.63) is 27.1 Å². The summed E-state index contributed by atoms with van der Waals surface area (Å²) in [7, 11) is 2.97. The first-order valence-corrected chi connectivity index (χ1v) is 4.30. The van der Waals surface area contributed by atoms with Crippen molar-refractivity contribution in [2.45, 2.75) is 6.29 Å². The van der Waals surface area contributed by atoms with Crippen LogP contribution in [0.1, 0.15) is 11.2 Å². The summed E-state index contributed by atoms with van der Waals surface area (Å²) in [4.78, 5) is 10.6. The Morgan fingerprint density at radius 2 is 2.08 bits per heavy atom. The third kappa shape index (κ3) is 2.24. The van der Waals surface area contributed by atoms with Crippen LogP contribution in [0.15, 0.2) is 12.1 Å². The predicted octanol–water partition coefficient (Wildman–Crippen LogP) is 1.95. The smallest absolute Gasteiger partial charge is 0.324 e. The van der Waals surface area contributed by atoms with Gasteiger partial charge in [0, 0.05) is 20.3 Å². The minimum Gasteiger partial charge on any atom is -0.351 e. The number of hydrogen-bond acceptors (Lipinski definition) is 5. The van der Waals surface area contributed by atoms with Crippen LogP contribution < -0.4 is 0 Å². The van der Waals surface area contributed by atoms with Gasteiger partial charge in [0.15, 0.2) is 6.29 Å². The number of nitrogens with zero attached hydrogens (tertiary/aromatic N) is 1. The zero-order valence-electron chi connectivity index (χ0n) is 7.22. The summed E-state index contributed by atoms with van der Waals surface area (Å²) >= 11 is 1.05. The molecule has 72 valence electrons. The summed E-state index contributed by atoms with van der Waals surface area (Å²) in [5.41, 5.74) is 0. The minimum atomic E-state index is -0.515. The van der Waals surface area contributed by atoms with Crippen LogP contribution in [0.25, 0.3) is 0 Å². The normalized spacial score (nSPS) is 10.7. The lowest BCUT2D eigenvalue weighted by atomic mass is 10.4. The van der Waals surface area contributed by atoms with Gasteiger partial charge in [-0.1, -0.05) is 11.3 Å². The molecule has 0 amide bonds. The quantitative estimate of drug-likeness (QED) is 0.426. The molecular formula is C7H9NO4S. The highest BCUT2D eigenvalue weighted by Gasteiger charge is 2.16. The summed E-state index contributed by atoms with van der Waals surface area (Å²) in [6.45, 7) is 0. The molecule has 0 spiro atoms. The van der Waals surface area contributed by atoms with Gasteiger partial charge in [-0.05, 0) is 6.07 Å². The molecule has 5 nitrogen and oxygen atoms in total. The average molecular weight is 203 g/mol. The first-order chi connectivity index (χ1) is 6.19. The van der Waals surface area contributed by atoms with Gasteiger partial charge in [-0.25, -0.2) is 0 Å². The Labute approximate surface area is 79.0 Å². The van der Waals surface area contributed by atoms with Crippen molar-refractivity contribution in [1.82, 2.24) is 0 Å². The van der Waals surface area contributed by atoms with E-state index in [2.05, 4.69) is 0 Å². The zero-order valence-corrected chi connectivity index (χ0v) is 8.04. The molecule has 0 saturated carbocycles. The maximum absolute atomic E-state index is 10.3. The SMILES string of the molecule is COC(OC)c1ccc([N+](=O)[O-])s1. The number of ether oxygens (including phenoxy) is 2. The van der Waals surface area contributed by atoms with E-state index in [9.17, 15) is 10.1 Å². The maximum atomic E-state index is 10.3.